The smallest absolute Gasteiger partial charge is 0.140 e. The summed E-state index contributed by atoms with van der Waals surface area (Å²) in [5.41, 5.74) is 13.1. The predicted molar refractivity (Wildman–Crippen MR) is 231 cm³/mol. The molecule has 1 aliphatic heterocycles. The molecule has 0 fully saturated rings. The summed E-state index contributed by atoms with van der Waals surface area (Å²) in [5.74, 6) is 1.78. The highest BCUT2D eigenvalue weighted by Crippen LogP contribution is 2.64. The second kappa shape index (κ2) is 12.9. The van der Waals surface area contributed by atoms with Crippen LogP contribution < -0.4 is 14.5 Å². The fourth-order valence-corrected chi connectivity index (χ4v) is 9.13. The molecule has 0 unspecified atom stereocenters. The first-order chi connectivity index (χ1) is 27.8. The highest BCUT2D eigenvalue weighted by molar-refractivity contribution is 5.97. The first kappa shape index (κ1) is 32.1. The van der Waals surface area contributed by atoms with Crippen LogP contribution >= 0.6 is 0 Å². The zero-order valence-corrected chi connectivity index (χ0v) is 30.6. The van der Waals surface area contributed by atoms with Crippen LogP contribution in [0.2, 0.25) is 0 Å². The lowest BCUT2D eigenvalue weighted by atomic mass is 9.65. The van der Waals surface area contributed by atoms with Gasteiger partial charge in [-0.15, -0.1) is 0 Å². The molecule has 0 radical (unpaired) electrons. The van der Waals surface area contributed by atoms with Gasteiger partial charge in [0.25, 0.3) is 0 Å². The van der Waals surface area contributed by atoms with Crippen molar-refractivity contribution in [2.75, 3.05) is 9.80 Å². The van der Waals surface area contributed by atoms with Gasteiger partial charge >= 0.3 is 0 Å². The minimum atomic E-state index is -0.691. The van der Waals surface area contributed by atoms with Crippen molar-refractivity contribution < 1.29 is 4.74 Å². The van der Waals surface area contributed by atoms with E-state index in [9.17, 15) is 0 Å². The number of hydrogen-bond donors (Lipinski definition) is 0. The second-order valence-electron chi connectivity index (χ2n) is 14.5. The molecule has 0 amide bonds. The highest BCUT2D eigenvalue weighted by Gasteiger charge is 2.52. The molecule has 1 spiro atoms. The fourth-order valence-electron chi connectivity index (χ4n) is 9.13. The Morgan fingerprint density at radius 2 is 0.768 bits per heavy atom. The van der Waals surface area contributed by atoms with Gasteiger partial charge in [-0.1, -0.05) is 140 Å². The summed E-state index contributed by atoms with van der Waals surface area (Å²) in [7, 11) is 0. The van der Waals surface area contributed by atoms with Gasteiger partial charge in [0.2, 0.25) is 0 Å². The molecule has 1 aliphatic carbocycles. The predicted octanol–water partition coefficient (Wildman–Crippen LogP) is 14.2. The number of nitrogens with zero attached hydrogens (tertiary/aromatic N) is 2. The topological polar surface area (TPSA) is 15.7 Å². The molecule has 0 saturated carbocycles. The van der Waals surface area contributed by atoms with Gasteiger partial charge in [0.15, 0.2) is 0 Å². The van der Waals surface area contributed by atoms with Crippen LogP contribution in [-0.4, -0.2) is 0 Å². The van der Waals surface area contributed by atoms with Gasteiger partial charge in [-0.2, -0.15) is 0 Å². The second-order valence-corrected chi connectivity index (χ2v) is 14.5. The lowest BCUT2D eigenvalue weighted by molar-refractivity contribution is 0.442. The lowest BCUT2D eigenvalue weighted by Gasteiger charge is -2.40. The molecular formula is C53H36N2O. The van der Waals surface area contributed by atoms with E-state index < -0.39 is 5.41 Å². The van der Waals surface area contributed by atoms with Gasteiger partial charge in [0.1, 0.15) is 11.5 Å². The number of fused-ring (bicyclic) bond motifs is 11. The molecule has 0 N–H and O–H groups in total. The molecule has 56 heavy (non-hydrogen) atoms. The Labute approximate surface area is 326 Å². The minimum Gasteiger partial charge on any atom is -0.456 e. The van der Waals surface area contributed by atoms with Crippen molar-refractivity contribution in [3.8, 4) is 22.6 Å². The quantitative estimate of drug-likeness (QED) is 0.170. The van der Waals surface area contributed by atoms with Crippen molar-refractivity contribution in [3.63, 3.8) is 0 Å². The number of benzene rings is 9. The van der Waals surface area contributed by atoms with E-state index in [1.54, 1.807) is 0 Å². The van der Waals surface area contributed by atoms with Crippen LogP contribution in [0.1, 0.15) is 22.3 Å². The van der Waals surface area contributed by atoms with Crippen molar-refractivity contribution in [3.05, 3.63) is 241 Å². The zero-order chi connectivity index (χ0) is 37.1. The molecule has 0 saturated heterocycles. The van der Waals surface area contributed by atoms with Gasteiger partial charge in [-0.25, -0.2) is 0 Å². The van der Waals surface area contributed by atoms with Gasteiger partial charge in [0.05, 0.1) is 5.41 Å². The van der Waals surface area contributed by atoms with E-state index in [1.165, 1.54) is 22.3 Å². The van der Waals surface area contributed by atoms with Crippen molar-refractivity contribution in [1.29, 1.82) is 0 Å². The third kappa shape index (κ3) is 4.84. The fraction of sp³-hybridized carbons (Fsp3) is 0.0189. The molecule has 1 heterocycles. The van der Waals surface area contributed by atoms with Crippen molar-refractivity contribution >= 4 is 44.9 Å². The maximum atomic E-state index is 7.02. The van der Waals surface area contributed by atoms with Crippen molar-refractivity contribution in [2.24, 2.45) is 0 Å². The summed E-state index contributed by atoms with van der Waals surface area (Å²) in [6.45, 7) is 0. The molecule has 0 bridgehead atoms. The SMILES string of the molecule is c1ccc(N(c2ccccc2)c2ccc3c(c2)C2(c4ccccc4Oc4c2ccc2ccccc42)c2cc(N(c4ccccc4)c4ccccc4)ccc2-3)cc1. The molecule has 264 valence electrons. The van der Waals surface area contributed by atoms with E-state index in [0.29, 0.717) is 0 Å². The summed E-state index contributed by atoms with van der Waals surface area (Å²) >= 11 is 0. The maximum Gasteiger partial charge on any atom is 0.140 e. The minimum absolute atomic E-state index is 0.691. The molecule has 3 nitrogen and oxygen atoms in total. The molecule has 11 rings (SSSR count). The van der Waals surface area contributed by atoms with Crippen LogP contribution in [-0.2, 0) is 5.41 Å². The molecule has 9 aromatic carbocycles. The van der Waals surface area contributed by atoms with E-state index in [0.717, 1.165) is 67.5 Å². The molecular weight excluding hydrogens is 681 g/mol. The monoisotopic (exact) mass is 716 g/mol. The van der Waals surface area contributed by atoms with Crippen LogP contribution in [0.3, 0.4) is 0 Å². The van der Waals surface area contributed by atoms with Crippen LogP contribution in [0.15, 0.2) is 218 Å². The standard InChI is InChI=1S/C53H36N2O/c1-5-18-38(19-6-1)54(39-20-7-2-8-21-39)42-30-32-45-46-33-31-43(55(40-22-9-3-10-23-40)41-24-11-4-12-25-41)36-50(46)53(49(45)35-42)47-27-15-16-28-51(47)56-52-44-26-14-13-17-37(44)29-34-48(52)53/h1-36H. The number of ether oxygens (including phenoxy) is 1. The Bertz CT molecular complexity index is 2680. The summed E-state index contributed by atoms with van der Waals surface area (Å²) in [6, 6.07) is 78.6. The number of rotatable bonds is 6. The number of para-hydroxylation sites is 5. The van der Waals surface area contributed by atoms with Gasteiger partial charge in [-0.3, -0.25) is 0 Å². The Morgan fingerprint density at radius 1 is 0.321 bits per heavy atom. The Hall–Kier alpha value is -7.36. The van der Waals surface area contributed by atoms with E-state index in [1.807, 2.05) is 0 Å². The van der Waals surface area contributed by atoms with E-state index in [2.05, 4.69) is 228 Å². The summed E-state index contributed by atoms with van der Waals surface area (Å²) in [4.78, 5) is 4.73. The lowest BCUT2D eigenvalue weighted by Crippen LogP contribution is -2.32. The first-order valence-electron chi connectivity index (χ1n) is 19.2. The van der Waals surface area contributed by atoms with Gasteiger partial charge in [0, 0.05) is 50.6 Å². The number of hydrogen-bond acceptors (Lipinski definition) is 3. The van der Waals surface area contributed by atoms with Gasteiger partial charge < -0.3 is 14.5 Å². The summed E-state index contributed by atoms with van der Waals surface area (Å²) in [5, 5.41) is 2.26. The molecule has 0 atom stereocenters. The third-order valence-corrected chi connectivity index (χ3v) is 11.5. The summed E-state index contributed by atoms with van der Waals surface area (Å²) in [6.07, 6.45) is 0. The highest BCUT2D eigenvalue weighted by atomic mass is 16.5. The van der Waals surface area contributed by atoms with E-state index >= 15 is 0 Å². The Kier molecular flexibility index (Phi) is 7.39. The maximum absolute atomic E-state index is 7.02. The van der Waals surface area contributed by atoms with Gasteiger partial charge in [-0.05, 0) is 107 Å². The first-order valence-corrected chi connectivity index (χ1v) is 19.2. The normalized spacial score (nSPS) is 12.9. The van der Waals surface area contributed by atoms with E-state index in [-0.39, 0.29) is 0 Å². The van der Waals surface area contributed by atoms with Crippen molar-refractivity contribution in [1.82, 2.24) is 0 Å². The molecule has 9 aromatic rings. The average molecular weight is 717 g/mol. The molecule has 0 aromatic heterocycles. The average Bonchev–Trinajstić information content (AvgIpc) is 3.54. The molecule has 3 heteroatoms. The largest absolute Gasteiger partial charge is 0.456 e. The summed E-state index contributed by atoms with van der Waals surface area (Å²) < 4.78 is 7.02. The Balaban J connectivity index is 1.24. The molecule has 2 aliphatic rings. The van der Waals surface area contributed by atoms with E-state index in [4.69, 9.17) is 4.74 Å². The van der Waals surface area contributed by atoms with Crippen LogP contribution in [0.5, 0.6) is 11.5 Å². The number of anilines is 6. The van der Waals surface area contributed by atoms with Crippen LogP contribution in [0.4, 0.5) is 34.1 Å². The zero-order valence-electron chi connectivity index (χ0n) is 30.6. The Morgan fingerprint density at radius 3 is 1.29 bits per heavy atom. The van der Waals surface area contributed by atoms with Crippen LogP contribution in [0, 0.1) is 0 Å². The third-order valence-electron chi connectivity index (χ3n) is 11.5. The van der Waals surface area contributed by atoms with Crippen molar-refractivity contribution in [2.45, 2.75) is 5.41 Å². The van der Waals surface area contributed by atoms with Crippen LogP contribution in [0.25, 0.3) is 21.9 Å².